The van der Waals surface area contributed by atoms with E-state index >= 15 is 0 Å². The summed E-state index contributed by atoms with van der Waals surface area (Å²) in [5, 5.41) is 0. The van der Waals surface area contributed by atoms with E-state index in [2.05, 4.69) is 25.9 Å². The van der Waals surface area contributed by atoms with Crippen molar-refractivity contribution in [3.63, 3.8) is 0 Å². The van der Waals surface area contributed by atoms with Gasteiger partial charge in [0.15, 0.2) is 5.89 Å². The molecule has 0 saturated heterocycles. The highest BCUT2D eigenvalue weighted by Gasteiger charge is 2.07. The molecule has 0 atom stereocenters. The summed E-state index contributed by atoms with van der Waals surface area (Å²) in [4.78, 5) is 8.58. The van der Waals surface area contributed by atoms with Gasteiger partial charge < -0.3 is 4.42 Å². The van der Waals surface area contributed by atoms with E-state index in [-0.39, 0.29) is 0 Å². The normalized spacial score (nSPS) is 10.6. The molecule has 4 heteroatoms. The van der Waals surface area contributed by atoms with Crippen molar-refractivity contribution >= 4 is 15.9 Å². The molecule has 2 aromatic heterocycles. The fourth-order valence-corrected chi connectivity index (χ4v) is 2.25. The minimum Gasteiger partial charge on any atom is -0.448 e. The summed E-state index contributed by atoms with van der Waals surface area (Å²) < 4.78 is 6.54. The molecule has 0 aliphatic rings. The molecule has 0 spiro atoms. The number of nitrogens with zero attached hydrogens (tertiary/aromatic N) is 2. The molecule has 0 fully saturated rings. The van der Waals surface area contributed by atoms with Gasteiger partial charge >= 0.3 is 0 Å². The fraction of sp³-hybridized carbons (Fsp3) is 0.0667. The van der Waals surface area contributed by atoms with Crippen LogP contribution in [0.2, 0.25) is 0 Å². The number of benzene rings is 1. The summed E-state index contributed by atoms with van der Waals surface area (Å²) >= 11 is 3.45. The number of hydrogen-bond acceptors (Lipinski definition) is 3. The molecule has 0 saturated carbocycles. The van der Waals surface area contributed by atoms with Gasteiger partial charge in [0.1, 0.15) is 12.0 Å². The van der Waals surface area contributed by atoms with E-state index in [0.717, 1.165) is 21.3 Å². The van der Waals surface area contributed by atoms with E-state index in [0.29, 0.717) is 12.3 Å². The van der Waals surface area contributed by atoms with Gasteiger partial charge in [-0.05, 0) is 23.8 Å². The van der Waals surface area contributed by atoms with Crippen molar-refractivity contribution in [1.29, 1.82) is 0 Å². The molecular weight excluding hydrogens is 304 g/mol. The number of halogens is 1. The first-order valence-electron chi connectivity index (χ1n) is 5.90. The molecule has 1 aromatic carbocycles. The highest BCUT2D eigenvalue weighted by atomic mass is 79.9. The third-order valence-corrected chi connectivity index (χ3v) is 3.24. The van der Waals surface area contributed by atoms with Gasteiger partial charge in [-0.3, -0.25) is 4.98 Å². The summed E-state index contributed by atoms with van der Waals surface area (Å²) in [6.07, 6.45) is 5.92. The molecule has 94 valence electrons. The Bertz CT molecular complexity index is 679. The first-order valence-corrected chi connectivity index (χ1v) is 6.70. The zero-order chi connectivity index (χ0) is 13.1. The molecule has 0 bridgehead atoms. The minimum atomic E-state index is 0.655. The van der Waals surface area contributed by atoms with Crippen LogP contribution in [0.1, 0.15) is 11.5 Å². The van der Waals surface area contributed by atoms with E-state index in [1.54, 1.807) is 12.5 Å². The Kier molecular flexibility index (Phi) is 3.42. The van der Waals surface area contributed by atoms with Gasteiger partial charge in [-0.1, -0.05) is 34.1 Å². The predicted octanol–water partition coefficient (Wildman–Crippen LogP) is 4.09. The molecule has 3 rings (SSSR count). The molecule has 0 radical (unpaired) electrons. The quantitative estimate of drug-likeness (QED) is 0.731. The van der Waals surface area contributed by atoms with Crippen molar-refractivity contribution in [1.82, 2.24) is 9.97 Å². The zero-order valence-electron chi connectivity index (χ0n) is 10.1. The molecule has 3 nitrogen and oxygen atoms in total. The van der Waals surface area contributed by atoms with Crippen LogP contribution in [-0.4, -0.2) is 9.97 Å². The van der Waals surface area contributed by atoms with E-state index in [4.69, 9.17) is 4.42 Å². The van der Waals surface area contributed by atoms with Gasteiger partial charge in [0.05, 0.1) is 6.42 Å². The summed E-state index contributed by atoms with van der Waals surface area (Å²) in [5.74, 6) is 0.697. The first kappa shape index (κ1) is 12.1. The fourth-order valence-electron chi connectivity index (χ4n) is 1.85. The van der Waals surface area contributed by atoms with Crippen LogP contribution in [0.25, 0.3) is 11.3 Å². The molecule has 0 aliphatic heterocycles. The topological polar surface area (TPSA) is 38.9 Å². The van der Waals surface area contributed by atoms with Gasteiger partial charge in [-0.15, -0.1) is 0 Å². The molecule has 2 heterocycles. The Morgan fingerprint density at radius 3 is 2.89 bits per heavy atom. The van der Waals surface area contributed by atoms with Crippen molar-refractivity contribution in [2.75, 3.05) is 0 Å². The lowest BCUT2D eigenvalue weighted by atomic mass is 10.2. The number of oxazole rings is 1. The van der Waals surface area contributed by atoms with Gasteiger partial charge in [-0.25, -0.2) is 4.98 Å². The summed E-state index contributed by atoms with van der Waals surface area (Å²) in [7, 11) is 0. The van der Waals surface area contributed by atoms with E-state index in [1.165, 1.54) is 0 Å². The molecule has 0 N–H and O–H groups in total. The Hall–Kier alpha value is -1.94. The molecule has 0 aliphatic carbocycles. The lowest BCUT2D eigenvalue weighted by Crippen LogP contribution is -1.89. The second-order valence-corrected chi connectivity index (χ2v) is 5.09. The summed E-state index contributed by atoms with van der Waals surface area (Å²) in [6.45, 7) is 0. The van der Waals surface area contributed by atoms with Crippen LogP contribution in [0, 0.1) is 0 Å². The van der Waals surface area contributed by atoms with Gasteiger partial charge in [0.25, 0.3) is 0 Å². The van der Waals surface area contributed by atoms with Crippen molar-refractivity contribution in [3.05, 3.63) is 71.0 Å². The lowest BCUT2D eigenvalue weighted by molar-refractivity contribution is 0.507. The second kappa shape index (κ2) is 5.36. The summed E-state index contributed by atoms with van der Waals surface area (Å²) in [5.41, 5.74) is 2.97. The van der Waals surface area contributed by atoms with Crippen LogP contribution in [0.5, 0.6) is 0 Å². The van der Waals surface area contributed by atoms with E-state index in [1.807, 2.05) is 42.6 Å². The Morgan fingerprint density at radius 1 is 1.16 bits per heavy atom. The van der Waals surface area contributed by atoms with Gasteiger partial charge in [0, 0.05) is 22.4 Å². The standard InChI is InChI=1S/C15H11BrN2O/c16-13-5-1-4-12(8-13)14-10-19-15(18-14)7-11-3-2-6-17-9-11/h1-6,8-10H,7H2. The third kappa shape index (κ3) is 2.90. The van der Waals surface area contributed by atoms with E-state index < -0.39 is 0 Å². The first-order chi connectivity index (χ1) is 9.31. The van der Waals surface area contributed by atoms with Crippen LogP contribution in [-0.2, 0) is 6.42 Å². The maximum Gasteiger partial charge on any atom is 0.199 e. The third-order valence-electron chi connectivity index (χ3n) is 2.75. The Labute approximate surface area is 119 Å². The number of hydrogen-bond donors (Lipinski definition) is 0. The summed E-state index contributed by atoms with van der Waals surface area (Å²) in [6, 6.07) is 11.9. The van der Waals surface area contributed by atoms with Gasteiger partial charge in [0.2, 0.25) is 0 Å². The SMILES string of the molecule is Brc1cccc(-c2coc(Cc3cccnc3)n2)c1. The maximum absolute atomic E-state index is 5.51. The van der Waals surface area contributed by atoms with Crippen LogP contribution < -0.4 is 0 Å². The van der Waals surface area contributed by atoms with Crippen molar-refractivity contribution in [2.24, 2.45) is 0 Å². The van der Waals surface area contributed by atoms with Crippen molar-refractivity contribution in [2.45, 2.75) is 6.42 Å². The van der Waals surface area contributed by atoms with Crippen LogP contribution in [0.4, 0.5) is 0 Å². The predicted molar refractivity (Wildman–Crippen MR) is 76.7 cm³/mol. The second-order valence-electron chi connectivity index (χ2n) is 4.17. The lowest BCUT2D eigenvalue weighted by Gasteiger charge is -1.96. The highest BCUT2D eigenvalue weighted by Crippen LogP contribution is 2.22. The average Bonchev–Trinajstić information content (AvgIpc) is 2.88. The van der Waals surface area contributed by atoms with Crippen LogP contribution in [0.15, 0.2) is 63.9 Å². The maximum atomic E-state index is 5.51. The number of rotatable bonds is 3. The molecule has 3 aromatic rings. The molecule has 0 unspecified atom stereocenters. The van der Waals surface area contributed by atoms with Crippen LogP contribution >= 0.6 is 15.9 Å². The Morgan fingerprint density at radius 2 is 2.11 bits per heavy atom. The largest absolute Gasteiger partial charge is 0.448 e. The van der Waals surface area contributed by atoms with Crippen LogP contribution in [0.3, 0.4) is 0 Å². The van der Waals surface area contributed by atoms with Crippen molar-refractivity contribution < 1.29 is 4.42 Å². The number of pyridine rings is 1. The Balaban J connectivity index is 1.84. The average molecular weight is 315 g/mol. The van der Waals surface area contributed by atoms with Crippen molar-refractivity contribution in [3.8, 4) is 11.3 Å². The monoisotopic (exact) mass is 314 g/mol. The zero-order valence-corrected chi connectivity index (χ0v) is 11.7. The molecule has 0 amide bonds. The number of aromatic nitrogens is 2. The van der Waals surface area contributed by atoms with Gasteiger partial charge in [-0.2, -0.15) is 0 Å². The minimum absolute atomic E-state index is 0.655. The smallest absolute Gasteiger partial charge is 0.199 e. The molecular formula is C15H11BrN2O. The molecule has 19 heavy (non-hydrogen) atoms. The highest BCUT2D eigenvalue weighted by molar-refractivity contribution is 9.10. The van der Waals surface area contributed by atoms with E-state index in [9.17, 15) is 0 Å².